The van der Waals surface area contributed by atoms with E-state index in [4.69, 9.17) is 9.57 Å². The van der Waals surface area contributed by atoms with Gasteiger partial charge in [0.15, 0.2) is 0 Å². The Kier molecular flexibility index (Phi) is 7.80. The summed E-state index contributed by atoms with van der Waals surface area (Å²) in [5.41, 5.74) is 6.58. The molecular formula is C34H33N3O4. The van der Waals surface area contributed by atoms with Gasteiger partial charge in [-0.2, -0.15) is 5.06 Å². The van der Waals surface area contributed by atoms with Gasteiger partial charge in [-0.25, -0.2) is 4.79 Å². The van der Waals surface area contributed by atoms with Crippen molar-refractivity contribution in [2.45, 2.75) is 37.1 Å². The highest BCUT2D eigenvalue weighted by atomic mass is 16.7. The first-order valence-electron chi connectivity index (χ1n) is 14.0. The van der Waals surface area contributed by atoms with E-state index in [1.807, 2.05) is 84.9 Å². The molecule has 0 bridgehead atoms. The lowest BCUT2D eigenvalue weighted by atomic mass is 9.98. The molecule has 0 aromatic heterocycles. The lowest BCUT2D eigenvalue weighted by Gasteiger charge is -2.24. The molecule has 1 heterocycles. The van der Waals surface area contributed by atoms with Gasteiger partial charge in [0.1, 0.15) is 24.9 Å². The van der Waals surface area contributed by atoms with Crippen LogP contribution < -0.4 is 10.6 Å². The van der Waals surface area contributed by atoms with E-state index in [9.17, 15) is 9.59 Å². The Hall–Kier alpha value is -4.46. The molecule has 208 valence electrons. The molecule has 1 aliphatic heterocycles. The minimum atomic E-state index is -0.822. The first-order chi connectivity index (χ1) is 20.1. The molecule has 0 spiro atoms. The van der Waals surface area contributed by atoms with E-state index in [-0.39, 0.29) is 30.7 Å². The van der Waals surface area contributed by atoms with Crippen LogP contribution in [0.15, 0.2) is 109 Å². The predicted molar refractivity (Wildman–Crippen MR) is 157 cm³/mol. The zero-order chi connectivity index (χ0) is 28.2. The Labute approximate surface area is 240 Å². The molecule has 3 atom stereocenters. The van der Waals surface area contributed by atoms with Gasteiger partial charge in [-0.1, -0.05) is 109 Å². The quantitative estimate of drug-likeness (QED) is 0.301. The molecule has 7 heteroatoms. The minimum absolute atomic E-state index is 0.0613. The van der Waals surface area contributed by atoms with Crippen LogP contribution in [0.5, 0.6) is 0 Å². The van der Waals surface area contributed by atoms with E-state index in [0.717, 1.165) is 33.4 Å². The fraction of sp³-hybridized carbons (Fsp3) is 0.235. The second-order valence-corrected chi connectivity index (χ2v) is 10.5. The number of nitrogens with one attached hydrogen (secondary N) is 2. The smallest absolute Gasteiger partial charge is 0.407 e. The maximum Gasteiger partial charge on any atom is 0.407 e. The van der Waals surface area contributed by atoms with Crippen molar-refractivity contribution in [2.24, 2.45) is 0 Å². The maximum absolute atomic E-state index is 13.6. The van der Waals surface area contributed by atoms with E-state index in [1.54, 1.807) is 12.1 Å². The summed E-state index contributed by atoms with van der Waals surface area (Å²) in [5.74, 6) is -0.356. The Bertz CT molecular complexity index is 1470. The van der Waals surface area contributed by atoms with Crippen LogP contribution >= 0.6 is 0 Å². The highest BCUT2D eigenvalue weighted by Crippen LogP contribution is 2.44. The van der Waals surface area contributed by atoms with Gasteiger partial charge in [-0.15, -0.1) is 0 Å². The molecule has 7 nitrogen and oxygen atoms in total. The second kappa shape index (κ2) is 12.0. The summed E-state index contributed by atoms with van der Waals surface area (Å²) >= 11 is 0. The van der Waals surface area contributed by atoms with E-state index < -0.39 is 12.1 Å². The monoisotopic (exact) mass is 547 g/mol. The number of hydrogen-bond acceptors (Lipinski definition) is 5. The van der Waals surface area contributed by atoms with Crippen molar-refractivity contribution in [1.82, 2.24) is 15.7 Å². The molecule has 2 amide bonds. The predicted octanol–water partition coefficient (Wildman–Crippen LogP) is 5.59. The fourth-order valence-corrected chi connectivity index (χ4v) is 5.79. The van der Waals surface area contributed by atoms with E-state index in [1.165, 1.54) is 0 Å². The fourth-order valence-electron chi connectivity index (χ4n) is 5.79. The van der Waals surface area contributed by atoms with Crippen molar-refractivity contribution in [3.8, 4) is 11.1 Å². The van der Waals surface area contributed by atoms with E-state index in [0.29, 0.717) is 12.8 Å². The van der Waals surface area contributed by atoms with Gasteiger partial charge in [0, 0.05) is 25.8 Å². The van der Waals surface area contributed by atoms with Gasteiger partial charge in [0.2, 0.25) is 5.91 Å². The highest BCUT2D eigenvalue weighted by molar-refractivity contribution is 5.86. The highest BCUT2D eigenvalue weighted by Gasteiger charge is 2.35. The number of hydrogen-bond donors (Lipinski definition) is 2. The number of carbonyl (C=O) groups is 2. The minimum Gasteiger partial charge on any atom is -0.449 e. The normalized spacial score (nSPS) is 18.8. The molecule has 2 aliphatic rings. The number of alkyl carbamates (subject to hydrolysis) is 1. The number of ether oxygens (including phenoxy) is 1. The molecule has 41 heavy (non-hydrogen) atoms. The average Bonchev–Trinajstić information content (AvgIpc) is 3.54. The molecule has 1 aliphatic carbocycles. The molecule has 0 unspecified atom stereocenters. The SMILES string of the molecule is CN1O[C@@H](c2ccccc2)C[C@@H]1NC(=O)[C@H](Cc1ccccc1)NC(=O)OCC1c2ccccc2-c2ccccc21. The number of amides is 2. The number of rotatable bonds is 8. The third-order valence-corrected chi connectivity index (χ3v) is 7.88. The molecule has 1 fully saturated rings. The maximum atomic E-state index is 13.6. The molecule has 0 saturated carbocycles. The van der Waals surface area contributed by atoms with Crippen LogP contribution in [0.2, 0.25) is 0 Å². The first kappa shape index (κ1) is 26.7. The molecule has 0 radical (unpaired) electrons. The Morgan fingerprint density at radius 1 is 0.854 bits per heavy atom. The summed E-state index contributed by atoms with van der Waals surface area (Å²) in [5, 5.41) is 7.57. The number of fused-ring (bicyclic) bond motifs is 3. The van der Waals surface area contributed by atoms with Crippen LogP contribution in [0.3, 0.4) is 0 Å². The van der Waals surface area contributed by atoms with Gasteiger partial charge >= 0.3 is 6.09 Å². The molecule has 4 aromatic carbocycles. The van der Waals surface area contributed by atoms with Crippen LogP contribution in [0.4, 0.5) is 4.79 Å². The lowest BCUT2D eigenvalue weighted by molar-refractivity contribution is -0.154. The van der Waals surface area contributed by atoms with Crippen LogP contribution in [0, 0.1) is 0 Å². The van der Waals surface area contributed by atoms with E-state index >= 15 is 0 Å². The van der Waals surface area contributed by atoms with Gasteiger partial charge in [-0.3, -0.25) is 9.63 Å². The summed E-state index contributed by atoms with van der Waals surface area (Å²) in [6, 6.07) is 35.2. The zero-order valence-electron chi connectivity index (χ0n) is 22.9. The van der Waals surface area contributed by atoms with Crippen LogP contribution in [-0.2, 0) is 20.8 Å². The molecule has 1 saturated heterocycles. The van der Waals surface area contributed by atoms with Gasteiger partial charge in [0.25, 0.3) is 0 Å². The summed E-state index contributed by atoms with van der Waals surface area (Å²) in [6.45, 7) is 0.178. The van der Waals surface area contributed by atoms with Gasteiger partial charge in [0.05, 0.1) is 0 Å². The topological polar surface area (TPSA) is 79.9 Å². The summed E-state index contributed by atoms with van der Waals surface area (Å²) in [7, 11) is 1.80. The van der Waals surface area contributed by atoms with Crippen molar-refractivity contribution >= 4 is 12.0 Å². The molecule has 2 N–H and O–H groups in total. The number of benzene rings is 4. The van der Waals surface area contributed by atoms with Crippen molar-refractivity contribution < 1.29 is 19.2 Å². The molecular weight excluding hydrogens is 514 g/mol. The van der Waals surface area contributed by atoms with Gasteiger partial charge < -0.3 is 15.4 Å². The number of nitrogens with zero attached hydrogens (tertiary/aromatic N) is 1. The summed E-state index contributed by atoms with van der Waals surface area (Å²) < 4.78 is 5.76. The zero-order valence-corrected chi connectivity index (χ0v) is 22.9. The number of hydroxylamine groups is 2. The summed E-state index contributed by atoms with van der Waals surface area (Å²) in [4.78, 5) is 32.7. The largest absolute Gasteiger partial charge is 0.449 e. The Balaban J connectivity index is 1.13. The first-order valence-corrected chi connectivity index (χ1v) is 14.0. The van der Waals surface area contributed by atoms with Crippen LogP contribution in [0.1, 0.15) is 40.7 Å². The Morgan fingerprint density at radius 2 is 1.44 bits per heavy atom. The third kappa shape index (κ3) is 5.87. The lowest BCUT2D eigenvalue weighted by Crippen LogP contribution is -2.53. The Morgan fingerprint density at radius 3 is 2.10 bits per heavy atom. The van der Waals surface area contributed by atoms with Crippen LogP contribution in [0.25, 0.3) is 11.1 Å². The van der Waals surface area contributed by atoms with Crippen LogP contribution in [-0.4, -0.2) is 42.9 Å². The van der Waals surface area contributed by atoms with Gasteiger partial charge in [-0.05, 0) is 33.4 Å². The average molecular weight is 548 g/mol. The van der Waals surface area contributed by atoms with Crippen molar-refractivity contribution in [1.29, 1.82) is 0 Å². The third-order valence-electron chi connectivity index (χ3n) is 7.88. The van der Waals surface area contributed by atoms with Crippen molar-refractivity contribution in [2.75, 3.05) is 13.7 Å². The van der Waals surface area contributed by atoms with E-state index in [2.05, 4.69) is 34.9 Å². The number of carbonyl (C=O) groups excluding carboxylic acids is 2. The molecule has 6 rings (SSSR count). The van der Waals surface area contributed by atoms with Crippen molar-refractivity contribution in [3.63, 3.8) is 0 Å². The van der Waals surface area contributed by atoms with Crippen molar-refractivity contribution in [3.05, 3.63) is 131 Å². The second-order valence-electron chi connectivity index (χ2n) is 10.5. The molecule has 4 aromatic rings. The summed E-state index contributed by atoms with van der Waals surface area (Å²) in [6.07, 6.45) is -0.198. The standard InChI is InChI=1S/C34H33N3O4/c1-37-32(21-31(41-37)24-14-6-3-7-15-24)36-33(38)30(20-23-12-4-2-5-13-23)35-34(39)40-22-29-27-18-10-8-16-25(27)26-17-9-11-19-28(26)29/h2-19,29-32H,20-22H2,1H3,(H,35,39)(H,36,38)/t30-,31+,32+/m0/s1.